The van der Waals surface area contributed by atoms with Crippen LogP contribution >= 0.6 is 22.6 Å². The number of benzene rings is 2. The van der Waals surface area contributed by atoms with E-state index in [1.165, 1.54) is 0 Å². The van der Waals surface area contributed by atoms with Crippen molar-refractivity contribution in [2.75, 3.05) is 0 Å². The summed E-state index contributed by atoms with van der Waals surface area (Å²) >= 11 is 2.17. The Bertz CT molecular complexity index is 642. The largest absolute Gasteiger partial charge is 0.269 e. The maximum atomic E-state index is 11.9. The summed E-state index contributed by atoms with van der Waals surface area (Å²) in [6.07, 6.45) is 0. The lowest BCUT2D eigenvalue weighted by Crippen LogP contribution is -2.41. The predicted octanol–water partition coefficient (Wildman–Crippen LogP) is 2.67. The molecule has 0 saturated heterocycles. The van der Waals surface area contributed by atoms with Gasteiger partial charge in [0.2, 0.25) is 0 Å². The fourth-order valence-corrected chi connectivity index (χ4v) is 2.10. The number of aryl methyl sites for hydroxylation is 1. The van der Waals surface area contributed by atoms with Crippen LogP contribution in [-0.4, -0.2) is 11.8 Å². The third kappa shape index (κ3) is 3.57. The number of hydrazine groups is 1. The molecular weight excluding hydrogens is 367 g/mol. The molecule has 102 valence electrons. The van der Waals surface area contributed by atoms with Crippen LogP contribution in [0.3, 0.4) is 0 Å². The van der Waals surface area contributed by atoms with E-state index in [4.69, 9.17) is 0 Å². The lowest BCUT2D eigenvalue weighted by molar-refractivity contribution is 0.0846. The molecule has 2 aromatic rings. The summed E-state index contributed by atoms with van der Waals surface area (Å²) in [5.41, 5.74) is 6.90. The second kappa shape index (κ2) is 6.51. The molecule has 2 aromatic carbocycles. The maximum absolute atomic E-state index is 11.9. The van der Waals surface area contributed by atoms with E-state index >= 15 is 0 Å². The normalized spacial score (nSPS) is 9.90. The van der Waals surface area contributed by atoms with Crippen molar-refractivity contribution >= 4 is 34.4 Å². The number of carbonyl (C=O) groups is 2. The molecule has 0 bridgehead atoms. The van der Waals surface area contributed by atoms with Crippen molar-refractivity contribution in [2.45, 2.75) is 6.92 Å². The van der Waals surface area contributed by atoms with E-state index in [0.717, 1.165) is 9.13 Å². The summed E-state index contributed by atoms with van der Waals surface area (Å²) in [4.78, 5) is 23.7. The van der Waals surface area contributed by atoms with Crippen molar-refractivity contribution in [3.63, 3.8) is 0 Å². The van der Waals surface area contributed by atoms with Crippen molar-refractivity contribution in [3.8, 4) is 0 Å². The van der Waals surface area contributed by atoms with Crippen LogP contribution in [-0.2, 0) is 0 Å². The van der Waals surface area contributed by atoms with Gasteiger partial charge in [0, 0.05) is 14.7 Å². The SMILES string of the molecule is Cc1ccc(C(=O)NNC(=O)c2ccccc2)cc1I. The summed E-state index contributed by atoms with van der Waals surface area (Å²) in [5.74, 6) is -0.687. The van der Waals surface area contributed by atoms with Crippen LogP contribution in [0.15, 0.2) is 48.5 Å². The third-order valence-corrected chi connectivity index (χ3v) is 3.92. The topological polar surface area (TPSA) is 58.2 Å². The van der Waals surface area contributed by atoms with E-state index in [1.54, 1.807) is 36.4 Å². The highest BCUT2D eigenvalue weighted by Crippen LogP contribution is 2.13. The average Bonchev–Trinajstić information content (AvgIpc) is 2.48. The molecule has 5 heteroatoms. The molecule has 0 saturated carbocycles. The average molecular weight is 380 g/mol. The lowest BCUT2D eigenvalue weighted by atomic mass is 10.1. The maximum Gasteiger partial charge on any atom is 0.269 e. The van der Waals surface area contributed by atoms with Crippen LogP contribution in [0, 0.1) is 10.5 Å². The summed E-state index contributed by atoms with van der Waals surface area (Å²) in [7, 11) is 0. The fraction of sp³-hybridized carbons (Fsp3) is 0.0667. The highest BCUT2D eigenvalue weighted by Gasteiger charge is 2.09. The van der Waals surface area contributed by atoms with Crippen LogP contribution in [0.1, 0.15) is 26.3 Å². The van der Waals surface area contributed by atoms with Crippen molar-refractivity contribution in [1.82, 2.24) is 10.9 Å². The molecule has 2 rings (SSSR count). The van der Waals surface area contributed by atoms with Crippen molar-refractivity contribution in [2.24, 2.45) is 0 Å². The quantitative estimate of drug-likeness (QED) is 0.622. The van der Waals surface area contributed by atoms with Crippen molar-refractivity contribution in [3.05, 3.63) is 68.8 Å². The molecule has 0 atom stereocenters. The van der Waals surface area contributed by atoms with Gasteiger partial charge < -0.3 is 0 Å². The van der Waals surface area contributed by atoms with Crippen molar-refractivity contribution in [1.29, 1.82) is 0 Å². The summed E-state index contributed by atoms with van der Waals surface area (Å²) in [6, 6.07) is 14.1. The van der Waals surface area contributed by atoms with Crippen LogP contribution < -0.4 is 10.9 Å². The Balaban J connectivity index is 1.98. The predicted molar refractivity (Wildman–Crippen MR) is 85.3 cm³/mol. The number of hydrogen-bond donors (Lipinski definition) is 2. The summed E-state index contributed by atoms with van der Waals surface area (Å²) in [5, 5.41) is 0. The zero-order valence-electron chi connectivity index (χ0n) is 10.8. The van der Waals surface area contributed by atoms with Crippen LogP contribution in [0.25, 0.3) is 0 Å². The molecule has 0 unspecified atom stereocenters. The van der Waals surface area contributed by atoms with Crippen LogP contribution in [0.5, 0.6) is 0 Å². The standard InChI is InChI=1S/C15H13IN2O2/c1-10-7-8-12(9-13(10)16)15(20)18-17-14(19)11-5-3-2-4-6-11/h2-9H,1H3,(H,17,19)(H,18,20). The number of hydrogen-bond acceptors (Lipinski definition) is 2. The first-order chi connectivity index (χ1) is 9.58. The molecule has 4 nitrogen and oxygen atoms in total. The molecule has 0 spiro atoms. The molecule has 20 heavy (non-hydrogen) atoms. The summed E-state index contributed by atoms with van der Waals surface area (Å²) in [6.45, 7) is 1.97. The fourth-order valence-electron chi connectivity index (χ4n) is 1.58. The van der Waals surface area contributed by atoms with Gasteiger partial charge in [-0.1, -0.05) is 24.3 Å². The third-order valence-electron chi connectivity index (χ3n) is 2.76. The Morgan fingerprint density at radius 1 is 0.900 bits per heavy atom. The zero-order valence-corrected chi connectivity index (χ0v) is 13.0. The highest BCUT2D eigenvalue weighted by molar-refractivity contribution is 14.1. The minimum Gasteiger partial charge on any atom is -0.267 e. The van der Waals surface area contributed by atoms with Gasteiger partial charge in [-0.3, -0.25) is 20.4 Å². The van der Waals surface area contributed by atoms with E-state index in [0.29, 0.717) is 11.1 Å². The van der Waals surface area contributed by atoms with Gasteiger partial charge >= 0.3 is 0 Å². The molecule has 2 amide bonds. The van der Waals surface area contributed by atoms with Crippen LogP contribution in [0.4, 0.5) is 0 Å². The molecule has 0 fully saturated rings. The Morgan fingerprint density at radius 3 is 2.10 bits per heavy atom. The molecule has 0 aliphatic carbocycles. The lowest BCUT2D eigenvalue weighted by Gasteiger charge is -2.08. The molecule has 0 aliphatic heterocycles. The van der Waals surface area contributed by atoms with E-state index in [2.05, 4.69) is 33.4 Å². The molecule has 2 N–H and O–H groups in total. The van der Waals surface area contributed by atoms with E-state index in [1.807, 2.05) is 19.1 Å². The van der Waals surface area contributed by atoms with E-state index < -0.39 is 0 Å². The molecule has 0 heterocycles. The van der Waals surface area contributed by atoms with Gasteiger partial charge in [-0.15, -0.1) is 0 Å². The number of halogens is 1. The second-order valence-corrected chi connectivity index (χ2v) is 5.40. The zero-order chi connectivity index (χ0) is 14.5. The second-order valence-electron chi connectivity index (χ2n) is 4.24. The van der Waals surface area contributed by atoms with E-state index in [9.17, 15) is 9.59 Å². The highest BCUT2D eigenvalue weighted by atomic mass is 127. The number of nitrogens with one attached hydrogen (secondary N) is 2. The number of rotatable bonds is 2. The monoisotopic (exact) mass is 380 g/mol. The Kier molecular flexibility index (Phi) is 4.73. The Morgan fingerprint density at radius 2 is 1.50 bits per heavy atom. The first-order valence-electron chi connectivity index (χ1n) is 6.00. The number of carbonyl (C=O) groups excluding carboxylic acids is 2. The summed E-state index contributed by atoms with van der Waals surface area (Å²) < 4.78 is 1.00. The van der Waals surface area contributed by atoms with Gasteiger partial charge in [-0.25, -0.2) is 0 Å². The van der Waals surface area contributed by atoms with Crippen LogP contribution in [0.2, 0.25) is 0 Å². The van der Waals surface area contributed by atoms with Gasteiger partial charge in [0.1, 0.15) is 0 Å². The van der Waals surface area contributed by atoms with Gasteiger partial charge in [0.25, 0.3) is 11.8 Å². The minimum atomic E-state index is -0.347. The molecule has 0 aromatic heterocycles. The molecular formula is C15H13IN2O2. The first-order valence-corrected chi connectivity index (χ1v) is 7.07. The van der Waals surface area contributed by atoms with Gasteiger partial charge in [0.05, 0.1) is 0 Å². The van der Waals surface area contributed by atoms with Gasteiger partial charge in [-0.05, 0) is 59.3 Å². The van der Waals surface area contributed by atoms with Gasteiger partial charge in [-0.2, -0.15) is 0 Å². The number of amides is 2. The van der Waals surface area contributed by atoms with Crippen molar-refractivity contribution < 1.29 is 9.59 Å². The smallest absolute Gasteiger partial charge is 0.267 e. The Hall–Kier alpha value is -1.89. The Labute approximate surface area is 130 Å². The minimum absolute atomic E-state index is 0.341. The van der Waals surface area contributed by atoms with Gasteiger partial charge in [0.15, 0.2) is 0 Å². The molecule has 0 aliphatic rings. The molecule has 0 radical (unpaired) electrons. The van der Waals surface area contributed by atoms with E-state index in [-0.39, 0.29) is 11.8 Å². The first kappa shape index (κ1) is 14.5.